The van der Waals surface area contributed by atoms with Gasteiger partial charge in [-0.2, -0.15) is 0 Å². The molecule has 1 atom stereocenters. The van der Waals surface area contributed by atoms with E-state index < -0.39 is 0 Å². The summed E-state index contributed by atoms with van der Waals surface area (Å²) in [4.78, 5) is 5.04. The van der Waals surface area contributed by atoms with E-state index in [1.54, 1.807) is 0 Å². The predicted octanol–water partition coefficient (Wildman–Crippen LogP) is 4.01. The largest absolute Gasteiger partial charge is 0.372 e. The highest BCUT2D eigenvalue weighted by Gasteiger charge is 2.23. The lowest BCUT2D eigenvalue weighted by Gasteiger charge is -2.28. The Morgan fingerprint density at radius 2 is 1.96 bits per heavy atom. The molecule has 0 spiro atoms. The first-order chi connectivity index (χ1) is 12.3. The zero-order chi connectivity index (χ0) is 17.1. The number of hydrogen-bond donors (Lipinski definition) is 1. The number of ether oxygens (including phenoxy) is 1. The number of nitrogens with zero attached hydrogens (tertiary/aromatic N) is 1. The highest BCUT2D eigenvalue weighted by molar-refractivity contribution is 7.99. The Balaban J connectivity index is 1.51. The van der Waals surface area contributed by atoms with Gasteiger partial charge in [0, 0.05) is 54.0 Å². The van der Waals surface area contributed by atoms with Gasteiger partial charge < -0.3 is 10.1 Å². The maximum atomic E-state index is 6.37. The van der Waals surface area contributed by atoms with Crippen LogP contribution < -0.4 is 5.32 Å². The number of nitrogens with one attached hydrogen (secondary N) is 1. The summed E-state index contributed by atoms with van der Waals surface area (Å²) in [5.41, 5.74) is 2.57. The first-order valence-electron chi connectivity index (χ1n) is 8.89. The van der Waals surface area contributed by atoms with E-state index in [0.717, 1.165) is 50.8 Å². The van der Waals surface area contributed by atoms with Crippen molar-refractivity contribution in [3.05, 3.63) is 58.6 Å². The maximum Gasteiger partial charge on any atom is 0.0877 e. The second kappa shape index (κ2) is 8.11. The zero-order valence-electron chi connectivity index (χ0n) is 14.2. The molecule has 132 valence electrons. The third-order valence-corrected chi connectivity index (χ3v) is 6.29. The van der Waals surface area contributed by atoms with Gasteiger partial charge in [-0.05, 0) is 35.4 Å². The molecule has 0 radical (unpaired) electrons. The summed E-state index contributed by atoms with van der Waals surface area (Å²) >= 11 is 8.05. The lowest BCUT2D eigenvalue weighted by Crippen LogP contribution is -2.44. The van der Waals surface area contributed by atoms with E-state index in [-0.39, 0.29) is 6.10 Å². The van der Waals surface area contributed by atoms with Gasteiger partial charge in [-0.15, -0.1) is 0 Å². The van der Waals surface area contributed by atoms with E-state index in [0.29, 0.717) is 0 Å². The van der Waals surface area contributed by atoms with Crippen LogP contribution >= 0.6 is 23.4 Å². The fourth-order valence-corrected chi connectivity index (χ4v) is 4.79. The Bertz CT molecular complexity index is 733. The molecule has 0 bridgehead atoms. The second-order valence-electron chi connectivity index (χ2n) is 6.55. The third-order valence-electron chi connectivity index (χ3n) is 4.85. The molecule has 1 unspecified atom stereocenters. The van der Waals surface area contributed by atoms with Crippen molar-refractivity contribution in [2.24, 2.45) is 0 Å². The van der Waals surface area contributed by atoms with E-state index in [2.05, 4.69) is 46.6 Å². The Kier molecular flexibility index (Phi) is 5.63. The lowest BCUT2D eigenvalue weighted by atomic mass is 10.0. The molecule has 0 saturated carbocycles. The molecule has 1 N–H and O–H groups in total. The van der Waals surface area contributed by atoms with Crippen molar-refractivity contribution < 1.29 is 4.74 Å². The summed E-state index contributed by atoms with van der Waals surface area (Å²) in [6.45, 7) is 6.14. The average molecular weight is 375 g/mol. The van der Waals surface area contributed by atoms with E-state index in [9.17, 15) is 0 Å². The predicted molar refractivity (Wildman–Crippen MR) is 104 cm³/mol. The van der Waals surface area contributed by atoms with Crippen LogP contribution in [0.15, 0.2) is 52.3 Å². The molecule has 2 aromatic rings. The van der Waals surface area contributed by atoms with E-state index in [1.807, 2.05) is 17.8 Å². The van der Waals surface area contributed by atoms with Crippen molar-refractivity contribution >= 4 is 23.4 Å². The third kappa shape index (κ3) is 4.21. The molecule has 1 fully saturated rings. The summed E-state index contributed by atoms with van der Waals surface area (Å²) in [5, 5.41) is 4.19. The van der Waals surface area contributed by atoms with Crippen LogP contribution in [0, 0.1) is 0 Å². The molecule has 2 aliphatic rings. The quantitative estimate of drug-likeness (QED) is 0.873. The van der Waals surface area contributed by atoms with Gasteiger partial charge in [0.2, 0.25) is 0 Å². The lowest BCUT2D eigenvalue weighted by molar-refractivity contribution is 0.0334. The summed E-state index contributed by atoms with van der Waals surface area (Å²) < 4.78 is 6.37. The fourth-order valence-electron chi connectivity index (χ4n) is 3.48. The van der Waals surface area contributed by atoms with Gasteiger partial charge in [0.1, 0.15) is 0 Å². The summed E-state index contributed by atoms with van der Waals surface area (Å²) in [6.07, 6.45) is 0.966. The molecule has 4 rings (SSSR count). The number of benzene rings is 2. The minimum absolute atomic E-state index is 0.0892. The fraction of sp³-hybridized carbons (Fsp3) is 0.400. The highest BCUT2D eigenvalue weighted by atomic mass is 35.5. The van der Waals surface area contributed by atoms with Crippen LogP contribution in [0.1, 0.15) is 17.2 Å². The number of rotatable bonds is 4. The molecule has 0 aromatic heterocycles. The van der Waals surface area contributed by atoms with Crippen LogP contribution in [0.4, 0.5) is 0 Å². The molecular formula is C20H23ClN2OS. The summed E-state index contributed by atoms with van der Waals surface area (Å²) in [5.74, 6) is 0. The minimum atomic E-state index is 0.0892. The Morgan fingerprint density at radius 3 is 2.84 bits per heavy atom. The van der Waals surface area contributed by atoms with Gasteiger partial charge in [0.25, 0.3) is 0 Å². The van der Waals surface area contributed by atoms with E-state index in [4.69, 9.17) is 16.3 Å². The normalized spacial score (nSPS) is 20.6. The van der Waals surface area contributed by atoms with Gasteiger partial charge in [-0.25, -0.2) is 0 Å². The topological polar surface area (TPSA) is 24.5 Å². The molecule has 25 heavy (non-hydrogen) atoms. The van der Waals surface area contributed by atoms with Crippen LogP contribution in [-0.2, 0) is 11.2 Å². The molecule has 2 aliphatic heterocycles. The van der Waals surface area contributed by atoms with Gasteiger partial charge in [0.05, 0.1) is 12.7 Å². The number of fused-ring (bicyclic) bond motifs is 2. The summed E-state index contributed by atoms with van der Waals surface area (Å²) in [7, 11) is 0. The van der Waals surface area contributed by atoms with Crippen molar-refractivity contribution in [3.63, 3.8) is 0 Å². The Hall–Kier alpha value is -1.04. The van der Waals surface area contributed by atoms with Crippen LogP contribution in [0.5, 0.6) is 0 Å². The first kappa shape index (κ1) is 17.4. The summed E-state index contributed by atoms with van der Waals surface area (Å²) in [6, 6.07) is 14.8. The number of halogens is 1. The van der Waals surface area contributed by atoms with Gasteiger partial charge in [-0.1, -0.05) is 41.6 Å². The van der Waals surface area contributed by atoms with E-state index >= 15 is 0 Å². The SMILES string of the molecule is Clc1ccc2c(c1)CC(OCCN1CCNCC1)c1ccccc1S2. The van der Waals surface area contributed by atoms with Crippen LogP contribution in [0.3, 0.4) is 0 Å². The molecule has 3 nitrogen and oxygen atoms in total. The zero-order valence-corrected chi connectivity index (χ0v) is 15.8. The van der Waals surface area contributed by atoms with Gasteiger partial charge >= 0.3 is 0 Å². The molecule has 2 aromatic carbocycles. The van der Waals surface area contributed by atoms with Crippen molar-refractivity contribution in [1.82, 2.24) is 10.2 Å². The van der Waals surface area contributed by atoms with Crippen LogP contribution in [0.2, 0.25) is 5.02 Å². The Morgan fingerprint density at radius 1 is 1.12 bits per heavy atom. The van der Waals surface area contributed by atoms with Crippen LogP contribution in [0.25, 0.3) is 0 Å². The Labute approximate surface area is 158 Å². The number of hydrogen-bond acceptors (Lipinski definition) is 4. The van der Waals surface area contributed by atoms with Crippen molar-refractivity contribution in [3.8, 4) is 0 Å². The molecule has 1 saturated heterocycles. The average Bonchev–Trinajstić information content (AvgIpc) is 2.79. The molecule has 5 heteroatoms. The van der Waals surface area contributed by atoms with Crippen LogP contribution in [-0.4, -0.2) is 44.2 Å². The smallest absolute Gasteiger partial charge is 0.0877 e. The molecular weight excluding hydrogens is 352 g/mol. The van der Waals surface area contributed by atoms with Gasteiger partial charge in [0.15, 0.2) is 0 Å². The minimum Gasteiger partial charge on any atom is -0.372 e. The monoisotopic (exact) mass is 374 g/mol. The second-order valence-corrected chi connectivity index (χ2v) is 8.07. The molecule has 0 amide bonds. The maximum absolute atomic E-state index is 6.37. The highest BCUT2D eigenvalue weighted by Crippen LogP contribution is 2.42. The van der Waals surface area contributed by atoms with Gasteiger partial charge in [-0.3, -0.25) is 4.90 Å². The van der Waals surface area contributed by atoms with Crippen molar-refractivity contribution in [2.75, 3.05) is 39.3 Å². The molecule has 2 heterocycles. The first-order valence-corrected chi connectivity index (χ1v) is 10.1. The van der Waals surface area contributed by atoms with E-state index in [1.165, 1.54) is 20.9 Å². The standard InChI is InChI=1S/C20H23ClN2OS/c21-16-5-6-19-15(13-16)14-18(17-3-1-2-4-20(17)25-19)24-12-11-23-9-7-22-8-10-23/h1-6,13,18,22H,7-12,14H2. The van der Waals surface area contributed by atoms with Crippen molar-refractivity contribution in [1.29, 1.82) is 0 Å². The molecule has 0 aliphatic carbocycles. The number of piperazine rings is 1. The van der Waals surface area contributed by atoms with Crippen molar-refractivity contribution in [2.45, 2.75) is 22.3 Å².